The second-order valence-electron chi connectivity index (χ2n) is 4.13. The number of carbonyl (C=O) groups is 1. The van der Waals surface area contributed by atoms with Crippen LogP contribution in [0, 0.1) is 11.3 Å². The van der Waals surface area contributed by atoms with Crippen molar-refractivity contribution in [1.29, 1.82) is 0 Å². The Bertz CT molecular complexity index is 196. The van der Waals surface area contributed by atoms with E-state index in [1.807, 2.05) is 0 Å². The molecule has 1 fully saturated rings. The predicted octanol–water partition coefficient (Wildman–Crippen LogP) is 2.34. The summed E-state index contributed by atoms with van der Waals surface area (Å²) < 4.78 is 0. The summed E-state index contributed by atoms with van der Waals surface area (Å²) in [6.45, 7) is 8.62. The van der Waals surface area contributed by atoms with Gasteiger partial charge in [0.15, 0.2) is 0 Å². The topological polar surface area (TPSA) is 29.1 Å². The average molecular weight is 183 g/mol. The van der Waals surface area contributed by atoms with Crippen LogP contribution in [0.4, 0.5) is 0 Å². The van der Waals surface area contributed by atoms with Gasteiger partial charge in [0.05, 0.1) is 0 Å². The number of amides is 1. The highest BCUT2D eigenvalue weighted by Crippen LogP contribution is 2.44. The van der Waals surface area contributed by atoms with Crippen LogP contribution in [-0.4, -0.2) is 11.9 Å². The lowest BCUT2D eigenvalue weighted by molar-refractivity contribution is -0.123. The number of hydrogen-bond acceptors (Lipinski definition) is 1. The summed E-state index contributed by atoms with van der Waals surface area (Å²) in [5, 5.41) is 3.11. The van der Waals surface area contributed by atoms with Gasteiger partial charge in [-0.1, -0.05) is 27.7 Å². The zero-order valence-corrected chi connectivity index (χ0v) is 9.18. The van der Waals surface area contributed by atoms with Crippen molar-refractivity contribution in [3.05, 3.63) is 0 Å². The fourth-order valence-corrected chi connectivity index (χ4v) is 2.87. The molecule has 0 bridgehead atoms. The van der Waals surface area contributed by atoms with E-state index in [1.165, 1.54) is 0 Å². The van der Waals surface area contributed by atoms with Gasteiger partial charge in [0.1, 0.15) is 0 Å². The average Bonchev–Trinajstić information content (AvgIpc) is 2.40. The molecule has 76 valence electrons. The predicted molar refractivity (Wildman–Crippen MR) is 54.4 cm³/mol. The van der Waals surface area contributed by atoms with Gasteiger partial charge in [-0.15, -0.1) is 0 Å². The van der Waals surface area contributed by atoms with Gasteiger partial charge in [-0.05, 0) is 19.3 Å². The Morgan fingerprint density at radius 2 is 1.85 bits per heavy atom. The maximum absolute atomic E-state index is 11.6. The second kappa shape index (κ2) is 3.69. The van der Waals surface area contributed by atoms with Crippen molar-refractivity contribution in [2.24, 2.45) is 11.3 Å². The van der Waals surface area contributed by atoms with E-state index in [-0.39, 0.29) is 17.2 Å². The number of hydrogen-bond donors (Lipinski definition) is 1. The molecule has 1 saturated heterocycles. The largest absolute Gasteiger partial charge is 0.353 e. The van der Waals surface area contributed by atoms with Crippen molar-refractivity contribution < 1.29 is 4.79 Å². The fraction of sp³-hybridized carbons (Fsp3) is 0.909. The maximum Gasteiger partial charge on any atom is 0.223 e. The molecule has 1 rings (SSSR count). The van der Waals surface area contributed by atoms with Crippen LogP contribution in [0.2, 0.25) is 0 Å². The van der Waals surface area contributed by atoms with E-state index in [2.05, 4.69) is 33.0 Å². The Morgan fingerprint density at radius 1 is 1.31 bits per heavy atom. The molecule has 1 heterocycles. The SMILES string of the molecule is CCC1NC(=O)C(C)C1(CC)CC. The van der Waals surface area contributed by atoms with E-state index in [0.29, 0.717) is 6.04 Å². The van der Waals surface area contributed by atoms with Crippen LogP contribution in [0.15, 0.2) is 0 Å². The van der Waals surface area contributed by atoms with Crippen LogP contribution in [0.1, 0.15) is 47.0 Å². The summed E-state index contributed by atoms with van der Waals surface area (Å²) in [6.07, 6.45) is 3.25. The molecule has 0 saturated carbocycles. The maximum atomic E-state index is 11.6. The smallest absolute Gasteiger partial charge is 0.223 e. The molecular weight excluding hydrogens is 162 g/mol. The number of nitrogens with one attached hydrogen (secondary N) is 1. The van der Waals surface area contributed by atoms with Crippen molar-refractivity contribution >= 4 is 5.91 Å². The minimum absolute atomic E-state index is 0.187. The lowest BCUT2D eigenvalue weighted by Gasteiger charge is -2.34. The quantitative estimate of drug-likeness (QED) is 0.715. The van der Waals surface area contributed by atoms with E-state index in [1.54, 1.807) is 0 Å². The molecule has 2 nitrogen and oxygen atoms in total. The van der Waals surface area contributed by atoms with Crippen LogP contribution >= 0.6 is 0 Å². The third-order valence-electron chi connectivity index (χ3n) is 3.99. The van der Waals surface area contributed by atoms with Crippen molar-refractivity contribution in [3.63, 3.8) is 0 Å². The summed E-state index contributed by atoms with van der Waals surface area (Å²) in [5.41, 5.74) is 0.214. The monoisotopic (exact) mass is 183 g/mol. The molecule has 13 heavy (non-hydrogen) atoms. The molecule has 0 aromatic rings. The summed E-state index contributed by atoms with van der Waals surface area (Å²) in [6, 6.07) is 0.394. The Morgan fingerprint density at radius 3 is 2.15 bits per heavy atom. The zero-order valence-electron chi connectivity index (χ0n) is 9.18. The van der Waals surface area contributed by atoms with E-state index in [9.17, 15) is 4.79 Å². The number of carbonyl (C=O) groups excluding carboxylic acids is 1. The molecule has 1 N–H and O–H groups in total. The van der Waals surface area contributed by atoms with Gasteiger partial charge in [0.25, 0.3) is 0 Å². The second-order valence-corrected chi connectivity index (χ2v) is 4.13. The molecule has 0 spiro atoms. The van der Waals surface area contributed by atoms with Crippen LogP contribution in [0.5, 0.6) is 0 Å². The Kier molecular flexibility index (Phi) is 2.99. The molecule has 0 aromatic heterocycles. The van der Waals surface area contributed by atoms with Gasteiger partial charge in [-0.25, -0.2) is 0 Å². The first-order valence-corrected chi connectivity index (χ1v) is 5.42. The molecule has 0 aliphatic carbocycles. The van der Waals surface area contributed by atoms with Gasteiger partial charge in [-0.3, -0.25) is 4.79 Å². The minimum atomic E-state index is 0.187. The lowest BCUT2D eigenvalue weighted by atomic mass is 9.69. The van der Waals surface area contributed by atoms with Crippen LogP contribution < -0.4 is 5.32 Å². The van der Waals surface area contributed by atoms with Crippen molar-refractivity contribution in [2.45, 2.75) is 53.0 Å². The van der Waals surface area contributed by atoms with Crippen LogP contribution in [-0.2, 0) is 4.79 Å². The molecule has 0 radical (unpaired) electrons. The lowest BCUT2D eigenvalue weighted by Crippen LogP contribution is -2.37. The van der Waals surface area contributed by atoms with Crippen molar-refractivity contribution in [1.82, 2.24) is 5.32 Å². The highest BCUT2D eigenvalue weighted by Gasteiger charge is 2.49. The van der Waals surface area contributed by atoms with E-state index < -0.39 is 0 Å². The van der Waals surface area contributed by atoms with E-state index in [4.69, 9.17) is 0 Å². The first-order valence-electron chi connectivity index (χ1n) is 5.42. The van der Waals surface area contributed by atoms with Crippen molar-refractivity contribution in [2.75, 3.05) is 0 Å². The first-order chi connectivity index (χ1) is 6.12. The molecule has 2 atom stereocenters. The van der Waals surface area contributed by atoms with Crippen LogP contribution in [0.25, 0.3) is 0 Å². The van der Waals surface area contributed by atoms with Gasteiger partial charge < -0.3 is 5.32 Å². The third-order valence-corrected chi connectivity index (χ3v) is 3.99. The fourth-order valence-electron chi connectivity index (χ4n) is 2.87. The summed E-state index contributed by atoms with van der Waals surface area (Å²) in [7, 11) is 0. The summed E-state index contributed by atoms with van der Waals surface area (Å²) in [5.74, 6) is 0.433. The minimum Gasteiger partial charge on any atom is -0.353 e. The molecular formula is C11H21NO. The Labute approximate surface area is 81.1 Å². The van der Waals surface area contributed by atoms with Crippen molar-refractivity contribution in [3.8, 4) is 0 Å². The first kappa shape index (κ1) is 10.6. The van der Waals surface area contributed by atoms with Crippen LogP contribution in [0.3, 0.4) is 0 Å². The molecule has 1 aliphatic heterocycles. The zero-order chi connectivity index (χ0) is 10.1. The van der Waals surface area contributed by atoms with E-state index in [0.717, 1.165) is 19.3 Å². The van der Waals surface area contributed by atoms with Gasteiger partial charge in [0.2, 0.25) is 5.91 Å². The Balaban J connectivity index is 2.94. The number of rotatable bonds is 3. The Hall–Kier alpha value is -0.530. The molecule has 2 unspecified atom stereocenters. The van der Waals surface area contributed by atoms with E-state index >= 15 is 0 Å². The van der Waals surface area contributed by atoms with Gasteiger partial charge >= 0.3 is 0 Å². The summed E-state index contributed by atoms with van der Waals surface area (Å²) >= 11 is 0. The summed E-state index contributed by atoms with van der Waals surface area (Å²) in [4.78, 5) is 11.6. The molecule has 0 aromatic carbocycles. The van der Waals surface area contributed by atoms with Gasteiger partial charge in [-0.2, -0.15) is 0 Å². The highest BCUT2D eigenvalue weighted by atomic mass is 16.2. The highest BCUT2D eigenvalue weighted by molar-refractivity contribution is 5.82. The third kappa shape index (κ3) is 1.36. The standard InChI is InChI=1S/C11H21NO/c1-5-9-11(6-2,7-3)8(4)10(13)12-9/h8-9H,5-7H2,1-4H3,(H,12,13). The van der Waals surface area contributed by atoms with Gasteiger partial charge in [0, 0.05) is 17.4 Å². The molecule has 1 amide bonds. The molecule has 2 heteroatoms. The molecule has 1 aliphatic rings. The normalized spacial score (nSPS) is 31.8.